The molecule has 0 aliphatic carbocycles. The molecule has 0 unspecified atom stereocenters. The zero-order valence-electron chi connectivity index (χ0n) is 11.5. The molecule has 0 spiro atoms. The van der Waals surface area contributed by atoms with E-state index in [4.69, 9.17) is 0 Å². The number of halogens is 3. The van der Waals surface area contributed by atoms with Crippen LogP contribution < -0.4 is 5.32 Å². The van der Waals surface area contributed by atoms with Crippen molar-refractivity contribution in [3.63, 3.8) is 0 Å². The number of sulfone groups is 1. The van der Waals surface area contributed by atoms with Crippen LogP contribution in [0.3, 0.4) is 0 Å². The normalized spacial score (nSPS) is 16.1. The molecule has 0 aliphatic heterocycles. The average molecular weight is 313 g/mol. The molecule has 1 heterocycles. The van der Waals surface area contributed by atoms with E-state index < -0.39 is 21.1 Å². The number of nitrogens with one attached hydrogen (secondary N) is 1. The molecule has 0 radical (unpaired) electrons. The van der Waals surface area contributed by atoms with Gasteiger partial charge in [0.05, 0.1) is 18.0 Å². The molecule has 5 nitrogen and oxygen atoms in total. The third-order valence-electron chi connectivity index (χ3n) is 3.06. The predicted octanol–water partition coefficient (Wildman–Crippen LogP) is 1.67. The first-order valence-electron chi connectivity index (χ1n) is 6.08. The van der Waals surface area contributed by atoms with Crippen LogP contribution in [0.4, 0.5) is 13.2 Å². The lowest BCUT2D eigenvalue weighted by molar-refractivity contribution is -0.0435. The van der Waals surface area contributed by atoms with E-state index >= 15 is 0 Å². The largest absolute Gasteiger partial charge is 0.497 e. The van der Waals surface area contributed by atoms with Gasteiger partial charge in [-0.1, -0.05) is 0 Å². The second kappa shape index (κ2) is 6.13. The third-order valence-corrected chi connectivity index (χ3v) is 4.51. The fourth-order valence-corrected chi connectivity index (χ4v) is 2.21. The average Bonchev–Trinajstić information content (AvgIpc) is 2.73. The fraction of sp³-hybridized carbons (Fsp3) is 0.727. The lowest BCUT2D eigenvalue weighted by Crippen LogP contribution is -2.39. The summed E-state index contributed by atoms with van der Waals surface area (Å²) < 4.78 is 59.9. The Labute approximate surface area is 116 Å². The molecule has 20 heavy (non-hydrogen) atoms. The van der Waals surface area contributed by atoms with Gasteiger partial charge >= 0.3 is 5.51 Å². The van der Waals surface area contributed by atoms with Gasteiger partial charge in [0, 0.05) is 18.8 Å². The Morgan fingerprint density at radius 1 is 1.40 bits per heavy atom. The summed E-state index contributed by atoms with van der Waals surface area (Å²) in [4.78, 5) is 0. The first-order valence-corrected chi connectivity index (χ1v) is 7.73. The van der Waals surface area contributed by atoms with Crippen molar-refractivity contribution < 1.29 is 21.6 Å². The van der Waals surface area contributed by atoms with Crippen molar-refractivity contribution in [2.75, 3.05) is 12.3 Å². The minimum Gasteiger partial charge on any atom is -0.311 e. The molecule has 0 aromatic carbocycles. The highest BCUT2D eigenvalue weighted by atomic mass is 32.2. The molecule has 9 heteroatoms. The molecule has 1 N–H and O–H groups in total. The summed E-state index contributed by atoms with van der Waals surface area (Å²) in [5.74, 6) is -0.967. The number of nitrogens with zero attached hydrogens (tertiary/aromatic N) is 2. The van der Waals surface area contributed by atoms with Crippen LogP contribution in [0, 0.1) is 6.92 Å². The maximum Gasteiger partial charge on any atom is 0.497 e. The van der Waals surface area contributed by atoms with Gasteiger partial charge < -0.3 is 5.32 Å². The molecule has 116 valence electrons. The minimum atomic E-state index is -5.19. The van der Waals surface area contributed by atoms with E-state index in [9.17, 15) is 21.6 Å². The van der Waals surface area contributed by atoms with E-state index in [1.807, 2.05) is 20.0 Å². The number of alkyl halides is 3. The summed E-state index contributed by atoms with van der Waals surface area (Å²) in [7, 11) is -5.06. The molecular formula is C11H18F3N3O2S. The van der Waals surface area contributed by atoms with Crippen molar-refractivity contribution in [1.29, 1.82) is 0 Å². The van der Waals surface area contributed by atoms with Crippen LogP contribution in [0.5, 0.6) is 0 Å². The van der Waals surface area contributed by atoms with Crippen LogP contribution in [0.1, 0.15) is 25.5 Å². The zero-order chi connectivity index (χ0) is 15.6. The number of rotatable bonds is 6. The van der Waals surface area contributed by atoms with Gasteiger partial charge in [0.25, 0.3) is 0 Å². The summed E-state index contributed by atoms with van der Waals surface area (Å²) in [5, 5.41) is 6.89. The molecule has 1 rings (SSSR count). The van der Waals surface area contributed by atoms with Crippen molar-refractivity contribution in [3.05, 3.63) is 18.0 Å². The second-order valence-corrected chi connectivity index (χ2v) is 6.85. The zero-order valence-corrected chi connectivity index (χ0v) is 12.3. The van der Waals surface area contributed by atoms with Crippen molar-refractivity contribution in [2.24, 2.45) is 0 Å². The van der Waals surface area contributed by atoms with Gasteiger partial charge in [-0.15, -0.1) is 0 Å². The van der Waals surface area contributed by atoms with Gasteiger partial charge in [0.2, 0.25) is 9.84 Å². The predicted molar refractivity (Wildman–Crippen MR) is 69.0 cm³/mol. The maximum atomic E-state index is 12.2. The Kier molecular flexibility index (Phi) is 5.20. The molecule has 0 saturated carbocycles. The summed E-state index contributed by atoms with van der Waals surface area (Å²) in [6.45, 7) is 5.24. The van der Waals surface area contributed by atoms with Crippen LogP contribution in [0.25, 0.3) is 0 Å². The molecule has 0 aliphatic rings. The summed E-state index contributed by atoms with van der Waals surface area (Å²) in [5.41, 5.74) is -4.22. The van der Waals surface area contributed by atoms with Crippen LogP contribution >= 0.6 is 0 Å². The summed E-state index contributed by atoms with van der Waals surface area (Å²) in [6, 6.07) is -0.310. The monoisotopic (exact) mass is 313 g/mol. The van der Waals surface area contributed by atoms with Gasteiger partial charge in [0.1, 0.15) is 0 Å². The minimum absolute atomic E-state index is 0.0997. The van der Waals surface area contributed by atoms with Crippen molar-refractivity contribution >= 4 is 9.84 Å². The number of aryl methyl sites for hydroxylation is 1. The van der Waals surface area contributed by atoms with E-state index in [-0.39, 0.29) is 18.6 Å². The highest BCUT2D eigenvalue weighted by Crippen LogP contribution is 2.23. The molecule has 1 aromatic heterocycles. The second-order valence-electron chi connectivity index (χ2n) is 4.75. The van der Waals surface area contributed by atoms with Crippen molar-refractivity contribution in [2.45, 2.75) is 38.4 Å². The third kappa shape index (κ3) is 4.20. The Balaban J connectivity index is 2.50. The lowest BCUT2D eigenvalue weighted by Gasteiger charge is -2.22. The summed E-state index contributed by atoms with van der Waals surface area (Å²) >= 11 is 0. The molecule has 0 saturated heterocycles. The molecule has 2 atom stereocenters. The maximum absolute atomic E-state index is 12.2. The van der Waals surface area contributed by atoms with Crippen LogP contribution in [-0.4, -0.2) is 42.0 Å². The smallest absolute Gasteiger partial charge is 0.311 e. The van der Waals surface area contributed by atoms with E-state index in [0.717, 1.165) is 5.56 Å². The Morgan fingerprint density at radius 2 is 2.00 bits per heavy atom. The standard InChI is InChI=1S/C11H18F3N3O2S/c1-8-6-16-17(7-8)10(3)9(2)15-4-5-20(18,19)11(12,13)14/h6-7,9-10,15H,4-5H2,1-3H3/t9-,10-/m1/s1. The SMILES string of the molecule is Cc1cnn([C@H](C)[C@@H](C)NCCS(=O)(=O)C(F)(F)F)c1. The topological polar surface area (TPSA) is 64.0 Å². The highest BCUT2D eigenvalue weighted by Gasteiger charge is 2.44. The van der Waals surface area contributed by atoms with Crippen LogP contribution in [0.15, 0.2) is 12.4 Å². The Bertz CT molecular complexity index is 539. The molecule has 0 amide bonds. The molecular weight excluding hydrogens is 295 g/mol. The Hall–Kier alpha value is -1.09. The number of hydrogen-bond donors (Lipinski definition) is 1. The lowest BCUT2D eigenvalue weighted by atomic mass is 10.2. The fourth-order valence-electron chi connectivity index (χ4n) is 1.59. The van der Waals surface area contributed by atoms with Crippen LogP contribution in [-0.2, 0) is 9.84 Å². The first-order chi connectivity index (χ1) is 9.04. The highest BCUT2D eigenvalue weighted by molar-refractivity contribution is 7.92. The van der Waals surface area contributed by atoms with E-state index in [1.165, 1.54) is 0 Å². The van der Waals surface area contributed by atoms with Gasteiger partial charge in [-0.3, -0.25) is 4.68 Å². The van der Waals surface area contributed by atoms with Gasteiger partial charge in [-0.2, -0.15) is 18.3 Å². The Morgan fingerprint density at radius 3 is 2.45 bits per heavy atom. The summed E-state index contributed by atoms with van der Waals surface area (Å²) in [6.07, 6.45) is 3.49. The van der Waals surface area contributed by atoms with Crippen molar-refractivity contribution in [1.82, 2.24) is 15.1 Å². The molecule has 1 aromatic rings. The number of aromatic nitrogens is 2. The van der Waals surface area contributed by atoms with Gasteiger partial charge in [-0.05, 0) is 26.3 Å². The van der Waals surface area contributed by atoms with Crippen LogP contribution in [0.2, 0.25) is 0 Å². The first kappa shape index (κ1) is 17.0. The van der Waals surface area contributed by atoms with E-state index in [2.05, 4.69) is 10.4 Å². The quantitative estimate of drug-likeness (QED) is 0.867. The molecule has 0 fully saturated rings. The number of hydrogen-bond acceptors (Lipinski definition) is 4. The van der Waals surface area contributed by atoms with E-state index in [0.29, 0.717) is 0 Å². The van der Waals surface area contributed by atoms with Gasteiger partial charge in [-0.25, -0.2) is 8.42 Å². The van der Waals surface area contributed by atoms with Crippen molar-refractivity contribution in [3.8, 4) is 0 Å². The molecule has 0 bridgehead atoms. The van der Waals surface area contributed by atoms with Gasteiger partial charge in [0.15, 0.2) is 0 Å². The van der Waals surface area contributed by atoms with E-state index in [1.54, 1.807) is 17.8 Å².